The van der Waals surface area contributed by atoms with Gasteiger partial charge >= 0.3 is 0 Å². The Morgan fingerprint density at radius 2 is 1.84 bits per heavy atom. The van der Waals surface area contributed by atoms with Gasteiger partial charge in [-0.15, -0.1) is 5.10 Å². The number of amides is 1. The van der Waals surface area contributed by atoms with Crippen LogP contribution in [0, 0.1) is 9.49 Å². The Labute approximate surface area is 235 Å². The van der Waals surface area contributed by atoms with Crippen LogP contribution in [0.15, 0.2) is 85.1 Å². The van der Waals surface area contributed by atoms with Gasteiger partial charge in [-0.1, -0.05) is 72.8 Å². The van der Waals surface area contributed by atoms with E-state index >= 15 is 0 Å². The molecule has 1 amide bonds. The van der Waals surface area contributed by atoms with Crippen LogP contribution in [-0.4, -0.2) is 32.1 Å². The lowest BCUT2D eigenvalue weighted by Gasteiger charge is -2.28. The standard InChI is InChI=1S/C30H29IN4O3/c1-20-16-24(14-15-34-19-26(32-33-34)28(36)22-10-6-3-7-11-22)38-30(20)25-17-23(31)12-13-27(25)35(29(30)37)18-21-8-4-2-5-9-21/h2-13,17,19-20,24,28,36H,14-16,18H2,1H3/t20-,24+,28-,30+/m1/s1. The average molecular weight is 620 g/mol. The lowest BCUT2D eigenvalue weighted by molar-refractivity contribution is -0.146. The van der Waals surface area contributed by atoms with Crippen LogP contribution in [0.3, 0.4) is 0 Å². The van der Waals surface area contributed by atoms with Crippen LogP contribution in [0.25, 0.3) is 0 Å². The Morgan fingerprint density at radius 3 is 2.61 bits per heavy atom. The number of halogens is 1. The zero-order valence-electron chi connectivity index (χ0n) is 21.1. The summed E-state index contributed by atoms with van der Waals surface area (Å²) < 4.78 is 9.55. The molecule has 0 aliphatic carbocycles. The highest BCUT2D eigenvalue weighted by Gasteiger charge is 2.60. The van der Waals surface area contributed by atoms with Gasteiger partial charge in [0.05, 0.1) is 24.5 Å². The number of aliphatic hydroxyl groups is 1. The maximum absolute atomic E-state index is 14.1. The van der Waals surface area contributed by atoms with Gasteiger partial charge < -0.3 is 14.7 Å². The molecule has 1 fully saturated rings. The predicted molar refractivity (Wildman–Crippen MR) is 152 cm³/mol. The van der Waals surface area contributed by atoms with E-state index < -0.39 is 11.7 Å². The van der Waals surface area contributed by atoms with Gasteiger partial charge in [0.2, 0.25) is 0 Å². The summed E-state index contributed by atoms with van der Waals surface area (Å²) >= 11 is 2.30. The van der Waals surface area contributed by atoms with E-state index in [-0.39, 0.29) is 17.9 Å². The summed E-state index contributed by atoms with van der Waals surface area (Å²) in [6.45, 7) is 3.22. The van der Waals surface area contributed by atoms with Crippen molar-refractivity contribution in [2.75, 3.05) is 4.90 Å². The highest BCUT2D eigenvalue weighted by molar-refractivity contribution is 14.1. The van der Waals surface area contributed by atoms with E-state index in [1.54, 1.807) is 10.9 Å². The summed E-state index contributed by atoms with van der Waals surface area (Å²) in [6, 6.07) is 25.7. The second kappa shape index (κ2) is 10.2. The van der Waals surface area contributed by atoms with E-state index in [4.69, 9.17) is 4.74 Å². The molecule has 1 spiro atoms. The van der Waals surface area contributed by atoms with Crippen molar-refractivity contribution in [3.8, 4) is 0 Å². The number of carbonyl (C=O) groups excluding carboxylic acids is 1. The molecule has 0 unspecified atom stereocenters. The number of nitrogens with zero attached hydrogens (tertiary/aromatic N) is 4. The number of fused-ring (bicyclic) bond motifs is 2. The number of carbonyl (C=O) groups is 1. The Morgan fingerprint density at radius 1 is 1.11 bits per heavy atom. The first-order valence-electron chi connectivity index (χ1n) is 12.9. The second-order valence-electron chi connectivity index (χ2n) is 10.2. The second-order valence-corrected chi connectivity index (χ2v) is 11.4. The summed E-state index contributed by atoms with van der Waals surface area (Å²) in [7, 11) is 0. The third-order valence-electron chi connectivity index (χ3n) is 7.69. The molecular formula is C30H29IN4O3. The molecule has 7 nitrogen and oxygen atoms in total. The summed E-state index contributed by atoms with van der Waals surface area (Å²) in [5.74, 6) is 0.0475. The molecule has 0 bridgehead atoms. The van der Waals surface area contributed by atoms with Crippen molar-refractivity contribution >= 4 is 34.2 Å². The molecule has 3 aromatic carbocycles. The lowest BCUT2D eigenvalue weighted by atomic mass is 9.83. The zero-order chi connectivity index (χ0) is 26.3. The Balaban J connectivity index is 1.20. The first-order chi connectivity index (χ1) is 18.5. The van der Waals surface area contributed by atoms with Crippen LogP contribution in [0.5, 0.6) is 0 Å². The predicted octanol–water partition coefficient (Wildman–Crippen LogP) is 5.22. The smallest absolute Gasteiger partial charge is 0.264 e. The molecule has 0 saturated carbocycles. The minimum absolute atomic E-state index is 0.0161. The van der Waals surface area contributed by atoms with Gasteiger partial charge in [-0.2, -0.15) is 0 Å². The average Bonchev–Trinajstić information content (AvgIpc) is 3.61. The van der Waals surface area contributed by atoms with Crippen LogP contribution >= 0.6 is 22.6 Å². The largest absolute Gasteiger partial charge is 0.382 e. The highest BCUT2D eigenvalue weighted by Crippen LogP contribution is 2.54. The first-order valence-corrected chi connectivity index (χ1v) is 14.0. The molecule has 8 heteroatoms. The normalized spacial score (nSPS) is 23.2. The number of rotatable bonds is 7. The van der Waals surface area contributed by atoms with E-state index in [0.717, 1.165) is 32.4 Å². The summed E-state index contributed by atoms with van der Waals surface area (Å²) in [4.78, 5) is 16.0. The highest BCUT2D eigenvalue weighted by atomic mass is 127. The summed E-state index contributed by atoms with van der Waals surface area (Å²) in [5.41, 5.74) is 3.30. The number of anilines is 1. The number of benzene rings is 3. The Hall–Kier alpha value is -3.08. The quantitative estimate of drug-likeness (QED) is 0.287. The van der Waals surface area contributed by atoms with Crippen molar-refractivity contribution in [3.05, 3.63) is 111 Å². The Bertz CT molecular complexity index is 1440. The third-order valence-corrected chi connectivity index (χ3v) is 8.36. The number of aromatic nitrogens is 3. The minimum atomic E-state index is -0.979. The number of aryl methyl sites for hydroxylation is 1. The van der Waals surface area contributed by atoms with Crippen LogP contribution in [0.4, 0.5) is 5.69 Å². The molecule has 1 saturated heterocycles. The van der Waals surface area contributed by atoms with Crippen molar-refractivity contribution in [1.82, 2.24) is 15.0 Å². The molecular weight excluding hydrogens is 591 g/mol. The molecule has 38 heavy (non-hydrogen) atoms. The van der Waals surface area contributed by atoms with Gasteiger partial charge in [0, 0.05) is 21.6 Å². The molecule has 6 rings (SSSR count). The first kappa shape index (κ1) is 25.2. The van der Waals surface area contributed by atoms with Crippen LogP contribution < -0.4 is 4.90 Å². The summed E-state index contributed by atoms with van der Waals surface area (Å²) in [5, 5.41) is 19.1. The van der Waals surface area contributed by atoms with Gasteiger partial charge in [-0.3, -0.25) is 9.48 Å². The van der Waals surface area contributed by atoms with Crippen molar-refractivity contribution in [1.29, 1.82) is 0 Å². The van der Waals surface area contributed by atoms with Gasteiger partial charge in [-0.25, -0.2) is 0 Å². The van der Waals surface area contributed by atoms with Crippen molar-refractivity contribution < 1.29 is 14.6 Å². The van der Waals surface area contributed by atoms with Gasteiger partial charge in [0.15, 0.2) is 5.60 Å². The van der Waals surface area contributed by atoms with Gasteiger partial charge in [-0.05, 0) is 64.8 Å². The molecule has 2 aliphatic heterocycles. The lowest BCUT2D eigenvalue weighted by Crippen LogP contribution is -2.43. The van der Waals surface area contributed by atoms with Crippen LogP contribution in [0.2, 0.25) is 0 Å². The number of ether oxygens (including phenoxy) is 1. The Kier molecular flexibility index (Phi) is 6.79. The van der Waals surface area contributed by atoms with Crippen molar-refractivity contribution in [2.24, 2.45) is 5.92 Å². The molecule has 2 aliphatic rings. The fraction of sp³-hybridized carbons (Fsp3) is 0.300. The minimum Gasteiger partial charge on any atom is -0.382 e. The molecule has 3 heterocycles. The van der Waals surface area contributed by atoms with E-state index in [0.29, 0.717) is 25.2 Å². The molecule has 194 valence electrons. The van der Waals surface area contributed by atoms with Gasteiger partial charge in [0.25, 0.3) is 5.91 Å². The maximum Gasteiger partial charge on any atom is 0.264 e. The van der Waals surface area contributed by atoms with E-state index in [1.165, 1.54) is 0 Å². The molecule has 1 aromatic heterocycles. The van der Waals surface area contributed by atoms with E-state index in [9.17, 15) is 9.90 Å². The molecule has 4 atom stereocenters. The monoisotopic (exact) mass is 620 g/mol. The number of hydrogen-bond donors (Lipinski definition) is 1. The molecule has 4 aromatic rings. The van der Waals surface area contributed by atoms with Gasteiger partial charge in [0.1, 0.15) is 11.8 Å². The fourth-order valence-electron chi connectivity index (χ4n) is 5.77. The van der Waals surface area contributed by atoms with E-state index in [1.807, 2.05) is 77.7 Å². The van der Waals surface area contributed by atoms with Crippen LogP contribution in [0.1, 0.15) is 48.3 Å². The van der Waals surface area contributed by atoms with Crippen molar-refractivity contribution in [2.45, 2.75) is 50.7 Å². The van der Waals surface area contributed by atoms with Crippen molar-refractivity contribution in [3.63, 3.8) is 0 Å². The maximum atomic E-state index is 14.1. The number of hydrogen-bond acceptors (Lipinski definition) is 5. The van der Waals surface area contributed by atoms with E-state index in [2.05, 4.69) is 45.9 Å². The molecule has 0 radical (unpaired) electrons. The summed E-state index contributed by atoms with van der Waals surface area (Å²) in [6.07, 6.45) is 2.35. The fourth-order valence-corrected chi connectivity index (χ4v) is 6.27. The number of aliphatic hydroxyl groups excluding tert-OH is 1. The topological polar surface area (TPSA) is 80.5 Å². The third kappa shape index (κ3) is 4.44. The molecule has 1 N–H and O–H groups in total. The SMILES string of the molecule is C[C@@H]1C[C@H](CCn2cc([C@H](O)c3ccccc3)nn2)O[C@@]12C(=O)N(Cc1ccccc1)c1ccc(I)cc12. The zero-order valence-corrected chi connectivity index (χ0v) is 23.2. The van der Waals surface area contributed by atoms with Crippen LogP contribution in [-0.2, 0) is 28.2 Å².